The highest BCUT2D eigenvalue weighted by Gasteiger charge is 2.25. The predicted octanol–water partition coefficient (Wildman–Crippen LogP) is 2.95. The van der Waals surface area contributed by atoms with Crippen LogP contribution in [-0.2, 0) is 11.2 Å². The maximum absolute atomic E-state index is 12.3. The van der Waals surface area contributed by atoms with Crippen LogP contribution >= 0.6 is 11.3 Å². The van der Waals surface area contributed by atoms with Crippen molar-refractivity contribution < 1.29 is 14.7 Å². The highest BCUT2D eigenvalue weighted by Crippen LogP contribution is 2.19. The molecule has 0 aromatic carbocycles. The van der Waals surface area contributed by atoms with Crippen LogP contribution in [0.1, 0.15) is 51.2 Å². The third kappa shape index (κ3) is 5.82. The number of nitrogens with one attached hydrogen (secondary N) is 1. The molecule has 0 bridgehead atoms. The van der Waals surface area contributed by atoms with Gasteiger partial charge in [-0.15, -0.1) is 11.3 Å². The molecule has 130 valence electrons. The molecular weight excluding hydrogens is 314 g/mol. The number of amides is 2. The molecule has 1 rings (SSSR count). The summed E-state index contributed by atoms with van der Waals surface area (Å²) in [5.74, 6) is -0.769. The molecule has 0 aliphatic heterocycles. The zero-order valence-electron chi connectivity index (χ0n) is 14.5. The Balaban J connectivity index is 2.61. The van der Waals surface area contributed by atoms with Crippen molar-refractivity contribution in [1.82, 2.24) is 15.2 Å². The largest absolute Gasteiger partial charge is 0.480 e. The first-order valence-corrected chi connectivity index (χ1v) is 8.86. The number of hydrogen-bond acceptors (Lipinski definition) is 4. The van der Waals surface area contributed by atoms with Crippen molar-refractivity contribution in [3.05, 3.63) is 16.1 Å². The summed E-state index contributed by atoms with van der Waals surface area (Å²) in [6.45, 7) is 10.7. The summed E-state index contributed by atoms with van der Waals surface area (Å²) in [5, 5.41) is 14.9. The molecule has 0 radical (unpaired) electrons. The minimum Gasteiger partial charge on any atom is -0.480 e. The van der Waals surface area contributed by atoms with E-state index in [0.29, 0.717) is 25.4 Å². The van der Waals surface area contributed by atoms with Crippen LogP contribution in [0.3, 0.4) is 0 Å². The van der Waals surface area contributed by atoms with E-state index in [4.69, 9.17) is 5.11 Å². The van der Waals surface area contributed by atoms with Gasteiger partial charge in [0, 0.05) is 30.8 Å². The summed E-state index contributed by atoms with van der Waals surface area (Å²) in [4.78, 5) is 29.6. The van der Waals surface area contributed by atoms with Crippen LogP contribution in [0, 0.1) is 5.92 Å². The van der Waals surface area contributed by atoms with Crippen LogP contribution in [0.25, 0.3) is 0 Å². The smallest absolute Gasteiger partial charge is 0.326 e. The van der Waals surface area contributed by atoms with Crippen molar-refractivity contribution in [2.45, 2.75) is 53.0 Å². The lowest BCUT2D eigenvalue weighted by Gasteiger charge is -2.25. The number of carboxylic acids is 1. The van der Waals surface area contributed by atoms with Crippen molar-refractivity contribution in [2.75, 3.05) is 13.1 Å². The van der Waals surface area contributed by atoms with Crippen molar-refractivity contribution in [3.63, 3.8) is 0 Å². The molecule has 0 unspecified atom stereocenters. The SMILES string of the molecule is CCN(CCc1csc(C(C)C)n1)C(=O)N[C@H](C(=O)O)C(C)C. The normalized spacial score (nSPS) is 12.5. The molecule has 1 atom stereocenters. The Bertz CT molecular complexity index is 528. The van der Waals surface area contributed by atoms with E-state index >= 15 is 0 Å². The standard InChI is InChI=1S/C16H27N3O3S/c1-6-19(16(22)18-13(10(2)3)15(20)21)8-7-12-9-23-14(17-12)11(4)5/h9-11,13H,6-8H2,1-5H3,(H,18,22)(H,20,21)/t13-/m0/s1. The van der Waals surface area contributed by atoms with Crippen molar-refractivity contribution in [2.24, 2.45) is 5.92 Å². The average molecular weight is 341 g/mol. The van der Waals surface area contributed by atoms with E-state index < -0.39 is 12.0 Å². The van der Waals surface area contributed by atoms with Gasteiger partial charge in [0.15, 0.2) is 0 Å². The van der Waals surface area contributed by atoms with Gasteiger partial charge in [0.1, 0.15) is 6.04 Å². The monoisotopic (exact) mass is 341 g/mol. The second kappa shape index (κ2) is 8.86. The van der Waals surface area contributed by atoms with E-state index in [1.165, 1.54) is 0 Å². The molecule has 0 fully saturated rings. The van der Waals surface area contributed by atoms with Gasteiger partial charge in [0.25, 0.3) is 0 Å². The molecule has 0 aliphatic rings. The molecule has 0 saturated heterocycles. The first-order chi connectivity index (χ1) is 10.8. The number of carboxylic acid groups (broad SMARTS) is 1. The zero-order chi connectivity index (χ0) is 17.6. The van der Waals surface area contributed by atoms with Gasteiger partial charge in [-0.05, 0) is 12.8 Å². The van der Waals surface area contributed by atoms with Gasteiger partial charge in [0.05, 0.1) is 10.7 Å². The quantitative estimate of drug-likeness (QED) is 0.761. The minimum absolute atomic E-state index is 0.165. The fraction of sp³-hybridized carbons (Fsp3) is 0.688. The topological polar surface area (TPSA) is 82.5 Å². The maximum atomic E-state index is 12.3. The molecule has 7 heteroatoms. The Morgan fingerprint density at radius 1 is 1.35 bits per heavy atom. The summed E-state index contributed by atoms with van der Waals surface area (Å²) in [6.07, 6.45) is 0.671. The first kappa shape index (κ1) is 19.4. The lowest BCUT2D eigenvalue weighted by molar-refractivity contribution is -0.140. The maximum Gasteiger partial charge on any atom is 0.326 e. The predicted molar refractivity (Wildman–Crippen MR) is 91.9 cm³/mol. The van der Waals surface area contributed by atoms with E-state index in [9.17, 15) is 9.59 Å². The van der Waals surface area contributed by atoms with Gasteiger partial charge in [-0.2, -0.15) is 0 Å². The number of carbonyl (C=O) groups excluding carboxylic acids is 1. The molecule has 23 heavy (non-hydrogen) atoms. The van der Waals surface area contributed by atoms with Crippen LogP contribution in [0.15, 0.2) is 5.38 Å². The van der Waals surface area contributed by atoms with Crippen LogP contribution in [-0.4, -0.2) is 46.1 Å². The molecular formula is C16H27N3O3S. The summed E-state index contributed by atoms with van der Waals surface area (Å²) in [6, 6.07) is -1.21. The first-order valence-electron chi connectivity index (χ1n) is 7.98. The molecule has 1 heterocycles. The number of urea groups is 1. The minimum atomic E-state index is -1.01. The Labute approximate surface area is 141 Å². The number of rotatable bonds is 8. The molecule has 1 aromatic rings. The number of thiazole rings is 1. The molecule has 2 amide bonds. The van der Waals surface area contributed by atoms with Crippen molar-refractivity contribution in [3.8, 4) is 0 Å². The lowest BCUT2D eigenvalue weighted by Crippen LogP contribution is -2.50. The number of carbonyl (C=O) groups is 2. The fourth-order valence-corrected chi connectivity index (χ4v) is 2.96. The highest BCUT2D eigenvalue weighted by atomic mass is 32.1. The van der Waals surface area contributed by atoms with Crippen molar-refractivity contribution >= 4 is 23.3 Å². The second-order valence-electron chi connectivity index (χ2n) is 6.17. The second-order valence-corrected chi connectivity index (χ2v) is 7.06. The molecule has 6 nitrogen and oxygen atoms in total. The van der Waals surface area contributed by atoms with Crippen molar-refractivity contribution in [1.29, 1.82) is 0 Å². The van der Waals surface area contributed by atoms with Gasteiger partial charge in [0.2, 0.25) is 0 Å². The highest BCUT2D eigenvalue weighted by molar-refractivity contribution is 7.09. The van der Waals surface area contributed by atoms with E-state index in [1.807, 2.05) is 12.3 Å². The van der Waals surface area contributed by atoms with Crippen LogP contribution < -0.4 is 5.32 Å². The van der Waals surface area contributed by atoms with E-state index in [-0.39, 0.29) is 11.9 Å². The summed E-state index contributed by atoms with van der Waals surface area (Å²) in [7, 11) is 0. The molecule has 0 saturated carbocycles. The third-order valence-electron chi connectivity index (χ3n) is 3.58. The van der Waals surface area contributed by atoms with E-state index in [0.717, 1.165) is 10.7 Å². The number of aromatic nitrogens is 1. The fourth-order valence-electron chi connectivity index (χ4n) is 2.09. The summed E-state index contributed by atoms with van der Waals surface area (Å²) >= 11 is 1.64. The molecule has 2 N–H and O–H groups in total. The molecule has 1 aromatic heterocycles. The number of hydrogen-bond donors (Lipinski definition) is 2. The Hall–Kier alpha value is -1.63. The van der Waals surface area contributed by atoms with E-state index in [1.54, 1.807) is 30.1 Å². The van der Waals surface area contributed by atoms with Crippen LogP contribution in [0.2, 0.25) is 0 Å². The Kier molecular flexibility index (Phi) is 7.48. The summed E-state index contributed by atoms with van der Waals surface area (Å²) < 4.78 is 0. The molecule has 0 aliphatic carbocycles. The van der Waals surface area contributed by atoms with Gasteiger partial charge in [-0.25, -0.2) is 14.6 Å². The molecule has 0 spiro atoms. The third-order valence-corrected chi connectivity index (χ3v) is 4.78. The number of likely N-dealkylation sites (N-methyl/N-ethyl adjacent to an activating group) is 1. The van der Waals surface area contributed by atoms with Gasteiger partial charge in [-0.1, -0.05) is 27.7 Å². The van der Waals surface area contributed by atoms with E-state index in [2.05, 4.69) is 24.1 Å². The average Bonchev–Trinajstić information content (AvgIpc) is 2.93. The summed E-state index contributed by atoms with van der Waals surface area (Å²) in [5.41, 5.74) is 0.976. The Morgan fingerprint density at radius 3 is 2.43 bits per heavy atom. The Morgan fingerprint density at radius 2 is 2.00 bits per heavy atom. The van der Waals surface area contributed by atoms with Crippen LogP contribution in [0.4, 0.5) is 4.79 Å². The van der Waals surface area contributed by atoms with Gasteiger partial charge < -0.3 is 15.3 Å². The van der Waals surface area contributed by atoms with Gasteiger partial charge >= 0.3 is 12.0 Å². The van der Waals surface area contributed by atoms with Gasteiger partial charge in [-0.3, -0.25) is 0 Å². The lowest BCUT2D eigenvalue weighted by atomic mass is 10.1. The number of aliphatic carboxylic acids is 1. The zero-order valence-corrected chi connectivity index (χ0v) is 15.3. The number of nitrogens with zero attached hydrogens (tertiary/aromatic N) is 2. The van der Waals surface area contributed by atoms with Crippen LogP contribution in [0.5, 0.6) is 0 Å².